The summed E-state index contributed by atoms with van der Waals surface area (Å²) in [5.41, 5.74) is 0.728. The number of aliphatic carboxylic acids is 1. The Bertz CT molecular complexity index is 673. The van der Waals surface area contributed by atoms with Crippen molar-refractivity contribution >= 4 is 22.7 Å². The summed E-state index contributed by atoms with van der Waals surface area (Å²) in [6.45, 7) is 1.96. The molecule has 7 heteroatoms. The van der Waals surface area contributed by atoms with Gasteiger partial charge in [0.25, 0.3) is 0 Å². The molecule has 0 saturated heterocycles. The molecule has 118 valence electrons. The van der Waals surface area contributed by atoms with Crippen LogP contribution in [0.3, 0.4) is 0 Å². The summed E-state index contributed by atoms with van der Waals surface area (Å²) in [7, 11) is 3.81. The van der Waals surface area contributed by atoms with Gasteiger partial charge in [0, 0.05) is 5.39 Å². The quantitative estimate of drug-likeness (QED) is 0.730. The number of carbonyl (C=O) groups is 1. The van der Waals surface area contributed by atoms with Crippen molar-refractivity contribution in [2.24, 2.45) is 0 Å². The molecule has 0 aliphatic heterocycles. The maximum absolute atomic E-state index is 11.3. The molecule has 1 aromatic heterocycles. The minimum Gasteiger partial charge on any atom is -0.480 e. The van der Waals surface area contributed by atoms with Crippen molar-refractivity contribution < 1.29 is 15.0 Å². The molecule has 0 radical (unpaired) electrons. The van der Waals surface area contributed by atoms with E-state index in [0.717, 1.165) is 10.9 Å². The highest BCUT2D eigenvalue weighted by molar-refractivity contribution is 5.91. The molecule has 0 aliphatic rings. The van der Waals surface area contributed by atoms with Crippen LogP contribution in [0.4, 0.5) is 5.82 Å². The molecule has 0 bridgehead atoms. The second-order valence-corrected chi connectivity index (χ2v) is 5.44. The van der Waals surface area contributed by atoms with Gasteiger partial charge in [-0.2, -0.15) is 0 Å². The molecule has 2 rings (SSSR count). The van der Waals surface area contributed by atoms with Crippen LogP contribution in [0.2, 0.25) is 0 Å². The number of benzene rings is 1. The van der Waals surface area contributed by atoms with Crippen molar-refractivity contribution in [3.05, 3.63) is 30.1 Å². The first-order valence-corrected chi connectivity index (χ1v) is 6.96. The Morgan fingerprint density at radius 2 is 2.00 bits per heavy atom. The lowest BCUT2D eigenvalue weighted by Crippen LogP contribution is -2.39. The number of para-hydroxylation sites is 1. The summed E-state index contributed by atoms with van der Waals surface area (Å²) in [5.74, 6) is -0.136. The van der Waals surface area contributed by atoms with Gasteiger partial charge in [-0.1, -0.05) is 12.1 Å². The predicted molar refractivity (Wildman–Crippen MR) is 83.7 cm³/mol. The van der Waals surface area contributed by atoms with Crippen LogP contribution in [0.15, 0.2) is 24.3 Å². The van der Waals surface area contributed by atoms with E-state index < -0.39 is 18.1 Å². The first-order valence-electron chi connectivity index (χ1n) is 6.96. The molecule has 7 nitrogen and oxygen atoms in total. The number of rotatable bonds is 6. The fraction of sp³-hybridized carbons (Fsp3) is 0.400. The van der Waals surface area contributed by atoms with Gasteiger partial charge in [0.05, 0.1) is 18.2 Å². The van der Waals surface area contributed by atoms with E-state index in [1.807, 2.05) is 43.3 Å². The largest absolute Gasteiger partial charge is 0.480 e. The van der Waals surface area contributed by atoms with Gasteiger partial charge in [0.2, 0.25) is 0 Å². The molecule has 3 N–H and O–H groups in total. The number of aliphatic hydroxyl groups excluding tert-OH is 1. The molecule has 1 heterocycles. The molecule has 2 unspecified atom stereocenters. The van der Waals surface area contributed by atoms with Crippen LogP contribution in [0.25, 0.3) is 10.9 Å². The second-order valence-electron chi connectivity index (χ2n) is 5.44. The van der Waals surface area contributed by atoms with Crippen LogP contribution in [0.1, 0.15) is 12.7 Å². The number of nitrogens with one attached hydrogen (secondary N) is 1. The highest BCUT2D eigenvalue weighted by atomic mass is 16.4. The number of nitrogens with zero attached hydrogens (tertiary/aromatic N) is 3. The van der Waals surface area contributed by atoms with E-state index >= 15 is 0 Å². The molecule has 22 heavy (non-hydrogen) atoms. The number of carboxylic acids is 1. The van der Waals surface area contributed by atoms with E-state index in [1.54, 1.807) is 0 Å². The molecule has 1 aromatic carbocycles. The standard InChI is InChI=1S/C15H20N4O3/c1-9(20)13(15(21)22)18-14-10-6-4-5-7-11(10)16-12(17-14)8-19(2)3/h4-7,9,13,20H,8H2,1-3H3,(H,21,22)(H,16,17,18). The predicted octanol–water partition coefficient (Wildman–Crippen LogP) is 0.937. The van der Waals surface area contributed by atoms with E-state index in [2.05, 4.69) is 15.3 Å². The van der Waals surface area contributed by atoms with Gasteiger partial charge in [-0.25, -0.2) is 14.8 Å². The number of carboxylic acid groups (broad SMARTS) is 1. The van der Waals surface area contributed by atoms with Crippen molar-refractivity contribution in [1.82, 2.24) is 14.9 Å². The molecule has 0 saturated carbocycles. The maximum Gasteiger partial charge on any atom is 0.328 e. The minimum absolute atomic E-state index is 0.413. The highest BCUT2D eigenvalue weighted by Crippen LogP contribution is 2.21. The second kappa shape index (κ2) is 6.67. The molecule has 2 atom stereocenters. The Labute approximate surface area is 128 Å². The van der Waals surface area contributed by atoms with E-state index in [4.69, 9.17) is 0 Å². The van der Waals surface area contributed by atoms with Crippen molar-refractivity contribution in [2.45, 2.75) is 25.6 Å². The summed E-state index contributed by atoms with van der Waals surface area (Å²) in [6.07, 6.45) is -1.05. The number of aromatic nitrogens is 2. The van der Waals surface area contributed by atoms with Crippen LogP contribution in [0.5, 0.6) is 0 Å². The zero-order valence-corrected chi connectivity index (χ0v) is 12.8. The fourth-order valence-corrected chi connectivity index (χ4v) is 2.12. The van der Waals surface area contributed by atoms with Gasteiger partial charge in [0.15, 0.2) is 6.04 Å². The first kappa shape index (κ1) is 16.1. The zero-order valence-electron chi connectivity index (χ0n) is 12.8. The summed E-state index contributed by atoms with van der Waals surface area (Å²) >= 11 is 0. The third-order valence-electron chi connectivity index (χ3n) is 3.15. The van der Waals surface area contributed by atoms with E-state index in [1.165, 1.54) is 6.92 Å². The summed E-state index contributed by atoms with van der Waals surface area (Å²) in [5, 5.41) is 22.4. The van der Waals surface area contributed by atoms with Crippen LogP contribution in [0, 0.1) is 0 Å². The highest BCUT2D eigenvalue weighted by Gasteiger charge is 2.24. The molecular formula is C15H20N4O3. The minimum atomic E-state index is -1.13. The number of anilines is 1. The summed E-state index contributed by atoms with van der Waals surface area (Å²) in [6, 6.07) is 6.23. The van der Waals surface area contributed by atoms with Crippen LogP contribution in [-0.2, 0) is 11.3 Å². The Kier molecular flexibility index (Phi) is 4.89. The third kappa shape index (κ3) is 3.69. The summed E-state index contributed by atoms with van der Waals surface area (Å²) < 4.78 is 0. The van der Waals surface area contributed by atoms with Gasteiger partial charge < -0.3 is 20.4 Å². The lowest BCUT2D eigenvalue weighted by atomic mass is 10.1. The van der Waals surface area contributed by atoms with Gasteiger partial charge >= 0.3 is 5.97 Å². The maximum atomic E-state index is 11.3. The van der Waals surface area contributed by atoms with Crippen molar-refractivity contribution in [3.63, 3.8) is 0 Å². The molecule has 2 aromatic rings. The number of hydrogen-bond acceptors (Lipinski definition) is 6. The molecule has 0 aliphatic carbocycles. The average molecular weight is 304 g/mol. The molecule has 0 spiro atoms. The normalized spacial score (nSPS) is 14.0. The Balaban J connectivity index is 2.47. The molecular weight excluding hydrogens is 284 g/mol. The fourth-order valence-electron chi connectivity index (χ4n) is 2.12. The van der Waals surface area contributed by atoms with Crippen molar-refractivity contribution in [3.8, 4) is 0 Å². The number of hydrogen-bond donors (Lipinski definition) is 3. The lowest BCUT2D eigenvalue weighted by molar-refractivity contribution is -0.140. The topological polar surface area (TPSA) is 98.6 Å². The molecule has 0 amide bonds. The average Bonchev–Trinajstić information content (AvgIpc) is 2.43. The Morgan fingerprint density at radius 3 is 2.59 bits per heavy atom. The SMILES string of the molecule is CC(O)C(Nc1nc(CN(C)C)nc2ccccc12)C(=O)O. The van der Waals surface area contributed by atoms with Crippen LogP contribution >= 0.6 is 0 Å². The first-order chi connectivity index (χ1) is 10.4. The van der Waals surface area contributed by atoms with Gasteiger partial charge in [-0.3, -0.25) is 0 Å². The van der Waals surface area contributed by atoms with Gasteiger partial charge in [-0.05, 0) is 33.2 Å². The lowest BCUT2D eigenvalue weighted by Gasteiger charge is -2.19. The van der Waals surface area contributed by atoms with E-state index in [-0.39, 0.29) is 0 Å². The Morgan fingerprint density at radius 1 is 1.32 bits per heavy atom. The van der Waals surface area contributed by atoms with E-state index in [0.29, 0.717) is 18.2 Å². The van der Waals surface area contributed by atoms with E-state index in [9.17, 15) is 15.0 Å². The van der Waals surface area contributed by atoms with Crippen molar-refractivity contribution in [2.75, 3.05) is 19.4 Å². The smallest absolute Gasteiger partial charge is 0.328 e. The molecule has 0 fully saturated rings. The van der Waals surface area contributed by atoms with Crippen LogP contribution < -0.4 is 5.32 Å². The zero-order chi connectivity index (χ0) is 16.3. The van der Waals surface area contributed by atoms with Gasteiger partial charge in [0.1, 0.15) is 11.6 Å². The third-order valence-corrected chi connectivity index (χ3v) is 3.15. The summed E-state index contributed by atoms with van der Waals surface area (Å²) in [4.78, 5) is 22.1. The number of aliphatic hydroxyl groups is 1. The van der Waals surface area contributed by atoms with Crippen LogP contribution in [-0.4, -0.2) is 57.3 Å². The number of fused-ring (bicyclic) bond motifs is 1. The monoisotopic (exact) mass is 304 g/mol. The van der Waals surface area contributed by atoms with Crippen molar-refractivity contribution in [1.29, 1.82) is 0 Å². The Hall–Kier alpha value is -2.25. The van der Waals surface area contributed by atoms with Gasteiger partial charge in [-0.15, -0.1) is 0 Å².